The van der Waals surface area contributed by atoms with Gasteiger partial charge >= 0.3 is 0 Å². The average Bonchev–Trinajstić information content (AvgIpc) is 2.51. The van der Waals surface area contributed by atoms with Gasteiger partial charge in [0.05, 0.1) is 0 Å². The summed E-state index contributed by atoms with van der Waals surface area (Å²) >= 11 is 0. The van der Waals surface area contributed by atoms with E-state index >= 15 is 0 Å². The number of benzene rings is 3. The Labute approximate surface area is 116 Å². The Morgan fingerprint density at radius 3 is 1.05 bits per heavy atom. The number of hydrogen-bond acceptors (Lipinski definition) is 0. The zero-order valence-electron chi connectivity index (χ0n) is 12.0. The lowest BCUT2D eigenvalue weighted by Crippen LogP contribution is -1.67. The van der Waals surface area contributed by atoms with Gasteiger partial charge in [-0.1, -0.05) is 98.3 Å². The standard InChI is InChI=1S/C10H8.C7H8.C2H6/c1-2-6-10-8-4-3-7-9(10)5-1;1-7-5-3-2-4-6-7;1-2/h1-8H;2-6H,1H3;1-2H3. The number of rotatable bonds is 0. The first-order valence-corrected chi connectivity index (χ1v) is 6.82. The van der Waals surface area contributed by atoms with Gasteiger partial charge < -0.3 is 0 Å². The van der Waals surface area contributed by atoms with E-state index in [-0.39, 0.29) is 0 Å². The maximum atomic E-state index is 2.12. The van der Waals surface area contributed by atoms with Gasteiger partial charge in [-0.3, -0.25) is 0 Å². The van der Waals surface area contributed by atoms with Crippen LogP contribution in [-0.2, 0) is 0 Å². The minimum atomic E-state index is 1.31. The molecular formula is C19H22. The lowest BCUT2D eigenvalue weighted by Gasteiger charge is -1.92. The molecule has 0 heteroatoms. The van der Waals surface area contributed by atoms with Crippen LogP contribution in [0.5, 0.6) is 0 Å². The molecule has 0 radical (unpaired) electrons. The van der Waals surface area contributed by atoms with Crippen molar-refractivity contribution in [3.8, 4) is 0 Å². The summed E-state index contributed by atoms with van der Waals surface area (Å²) in [6, 6.07) is 27.0. The minimum absolute atomic E-state index is 1.31. The predicted molar refractivity (Wildman–Crippen MR) is 86.5 cm³/mol. The molecule has 0 amide bonds. The maximum absolute atomic E-state index is 2.12. The highest BCUT2D eigenvalue weighted by molar-refractivity contribution is 5.81. The molecule has 0 N–H and O–H groups in total. The van der Waals surface area contributed by atoms with E-state index in [1.807, 2.05) is 32.0 Å². The van der Waals surface area contributed by atoms with Gasteiger partial charge in [0.15, 0.2) is 0 Å². The van der Waals surface area contributed by atoms with Crippen molar-refractivity contribution >= 4 is 10.8 Å². The van der Waals surface area contributed by atoms with Gasteiger partial charge in [0, 0.05) is 0 Å². The third-order valence-electron chi connectivity index (χ3n) is 2.60. The highest BCUT2D eigenvalue weighted by Gasteiger charge is 1.85. The van der Waals surface area contributed by atoms with Crippen molar-refractivity contribution in [3.63, 3.8) is 0 Å². The van der Waals surface area contributed by atoms with E-state index in [2.05, 4.69) is 67.6 Å². The van der Waals surface area contributed by atoms with Crippen molar-refractivity contribution in [2.45, 2.75) is 20.8 Å². The second-order valence-corrected chi connectivity index (χ2v) is 4.00. The van der Waals surface area contributed by atoms with E-state index in [0.29, 0.717) is 0 Å². The fourth-order valence-corrected chi connectivity index (χ4v) is 1.67. The Morgan fingerprint density at radius 1 is 0.474 bits per heavy atom. The Balaban J connectivity index is 0.000000177. The zero-order chi connectivity index (χ0) is 13.9. The van der Waals surface area contributed by atoms with Gasteiger partial charge in [0.1, 0.15) is 0 Å². The average molecular weight is 250 g/mol. The van der Waals surface area contributed by atoms with Crippen LogP contribution in [0.15, 0.2) is 78.9 Å². The van der Waals surface area contributed by atoms with Gasteiger partial charge in [0.2, 0.25) is 0 Å². The van der Waals surface area contributed by atoms with E-state index in [0.717, 1.165) is 0 Å². The number of aryl methyl sites for hydroxylation is 1. The molecule has 0 aliphatic carbocycles. The summed E-state index contributed by atoms with van der Waals surface area (Å²) in [6.07, 6.45) is 0. The molecule has 0 aliphatic rings. The monoisotopic (exact) mass is 250 g/mol. The van der Waals surface area contributed by atoms with Crippen LogP contribution in [0.4, 0.5) is 0 Å². The second kappa shape index (κ2) is 8.93. The quantitative estimate of drug-likeness (QED) is 0.468. The van der Waals surface area contributed by atoms with Crippen LogP contribution in [0.1, 0.15) is 19.4 Å². The first kappa shape index (κ1) is 15.0. The largest absolute Gasteiger partial charge is 0.0683 e. The summed E-state index contributed by atoms with van der Waals surface area (Å²) in [4.78, 5) is 0. The molecular weight excluding hydrogens is 228 g/mol. The molecule has 0 fully saturated rings. The zero-order valence-corrected chi connectivity index (χ0v) is 12.0. The van der Waals surface area contributed by atoms with Crippen LogP contribution < -0.4 is 0 Å². The van der Waals surface area contributed by atoms with Crippen LogP contribution in [0.25, 0.3) is 10.8 Å². The maximum Gasteiger partial charge on any atom is -0.0184 e. The van der Waals surface area contributed by atoms with E-state index in [1.165, 1.54) is 16.3 Å². The first-order chi connectivity index (χ1) is 9.36. The SMILES string of the molecule is CC.Cc1ccccc1.c1ccc2ccccc2c1. The van der Waals surface area contributed by atoms with Crippen LogP contribution in [0.3, 0.4) is 0 Å². The molecule has 98 valence electrons. The summed E-state index contributed by atoms with van der Waals surface area (Å²) in [5.41, 5.74) is 1.32. The van der Waals surface area contributed by atoms with Crippen LogP contribution >= 0.6 is 0 Å². The van der Waals surface area contributed by atoms with E-state index in [9.17, 15) is 0 Å². The number of hydrogen-bond donors (Lipinski definition) is 0. The highest BCUT2D eigenvalue weighted by atomic mass is 13.9. The fourth-order valence-electron chi connectivity index (χ4n) is 1.67. The minimum Gasteiger partial charge on any atom is -0.0683 e. The fraction of sp³-hybridized carbons (Fsp3) is 0.158. The third-order valence-corrected chi connectivity index (χ3v) is 2.60. The lowest BCUT2D eigenvalue weighted by atomic mass is 10.1. The summed E-state index contributed by atoms with van der Waals surface area (Å²) in [6.45, 7) is 6.08. The summed E-state index contributed by atoms with van der Waals surface area (Å²) in [5.74, 6) is 0. The predicted octanol–water partition coefficient (Wildman–Crippen LogP) is 5.86. The van der Waals surface area contributed by atoms with Crippen molar-refractivity contribution < 1.29 is 0 Å². The molecule has 0 aliphatic heterocycles. The van der Waals surface area contributed by atoms with Gasteiger partial charge in [-0.25, -0.2) is 0 Å². The topological polar surface area (TPSA) is 0 Å². The van der Waals surface area contributed by atoms with Gasteiger partial charge in [-0.15, -0.1) is 0 Å². The van der Waals surface area contributed by atoms with Gasteiger partial charge in [-0.2, -0.15) is 0 Å². The van der Waals surface area contributed by atoms with E-state index in [4.69, 9.17) is 0 Å². The van der Waals surface area contributed by atoms with Crippen molar-refractivity contribution in [2.75, 3.05) is 0 Å². The Morgan fingerprint density at radius 2 is 0.789 bits per heavy atom. The molecule has 19 heavy (non-hydrogen) atoms. The summed E-state index contributed by atoms with van der Waals surface area (Å²) in [5, 5.41) is 2.62. The Kier molecular flexibility index (Phi) is 7.04. The van der Waals surface area contributed by atoms with Gasteiger partial charge in [0.25, 0.3) is 0 Å². The molecule has 0 bridgehead atoms. The molecule has 0 nitrogen and oxygen atoms in total. The van der Waals surface area contributed by atoms with Crippen LogP contribution in [-0.4, -0.2) is 0 Å². The molecule has 0 saturated carbocycles. The lowest BCUT2D eigenvalue weighted by molar-refractivity contribution is 1.48. The van der Waals surface area contributed by atoms with Crippen molar-refractivity contribution in [1.82, 2.24) is 0 Å². The molecule has 0 spiro atoms. The smallest absolute Gasteiger partial charge is 0.0184 e. The Hall–Kier alpha value is -2.08. The summed E-state index contributed by atoms with van der Waals surface area (Å²) < 4.78 is 0. The second-order valence-electron chi connectivity index (χ2n) is 4.00. The van der Waals surface area contributed by atoms with Gasteiger partial charge in [-0.05, 0) is 17.7 Å². The van der Waals surface area contributed by atoms with E-state index < -0.39 is 0 Å². The molecule has 0 atom stereocenters. The third kappa shape index (κ3) is 5.39. The molecule has 0 aromatic heterocycles. The van der Waals surface area contributed by atoms with Crippen molar-refractivity contribution in [3.05, 3.63) is 84.4 Å². The van der Waals surface area contributed by atoms with Crippen LogP contribution in [0.2, 0.25) is 0 Å². The summed E-state index contributed by atoms with van der Waals surface area (Å²) in [7, 11) is 0. The van der Waals surface area contributed by atoms with E-state index in [1.54, 1.807) is 0 Å². The highest BCUT2D eigenvalue weighted by Crippen LogP contribution is 2.11. The van der Waals surface area contributed by atoms with Crippen molar-refractivity contribution in [2.24, 2.45) is 0 Å². The van der Waals surface area contributed by atoms with Crippen molar-refractivity contribution in [1.29, 1.82) is 0 Å². The van der Waals surface area contributed by atoms with Crippen LogP contribution in [0, 0.1) is 6.92 Å². The molecule has 0 saturated heterocycles. The molecule has 3 aromatic carbocycles. The molecule has 3 rings (SSSR count). The Bertz CT molecular complexity index is 502. The molecule has 3 aromatic rings. The number of fused-ring (bicyclic) bond motifs is 1. The molecule has 0 heterocycles. The normalized spacial score (nSPS) is 8.79. The first-order valence-electron chi connectivity index (χ1n) is 6.82. The molecule has 0 unspecified atom stereocenters.